The van der Waals surface area contributed by atoms with Crippen LogP contribution in [0.15, 0.2) is 30.5 Å². The van der Waals surface area contributed by atoms with Gasteiger partial charge in [0.25, 0.3) is 5.69 Å². The minimum atomic E-state index is -1.18. The molecule has 2 rings (SSSR count). The molecule has 1 aromatic heterocycles. The fourth-order valence-electron chi connectivity index (χ4n) is 1.95. The van der Waals surface area contributed by atoms with Crippen molar-refractivity contribution in [1.29, 1.82) is 0 Å². The normalized spacial score (nSPS) is 10.1. The van der Waals surface area contributed by atoms with Gasteiger partial charge in [-0.25, -0.2) is 4.79 Å². The number of carboxylic acid groups (broad SMARTS) is 1. The molecular formula is C14H13N3O5. The molecule has 0 aliphatic carbocycles. The van der Waals surface area contributed by atoms with Crippen LogP contribution < -0.4 is 10.1 Å². The molecule has 0 aliphatic heterocycles. The molecule has 0 amide bonds. The molecule has 1 heterocycles. The van der Waals surface area contributed by atoms with Crippen molar-refractivity contribution in [2.24, 2.45) is 0 Å². The van der Waals surface area contributed by atoms with Crippen molar-refractivity contribution < 1.29 is 19.6 Å². The van der Waals surface area contributed by atoms with Gasteiger partial charge in [0.2, 0.25) is 0 Å². The molecule has 0 aliphatic rings. The van der Waals surface area contributed by atoms with E-state index in [1.807, 2.05) is 0 Å². The van der Waals surface area contributed by atoms with Gasteiger partial charge in [-0.05, 0) is 19.1 Å². The van der Waals surface area contributed by atoms with Crippen LogP contribution in [0.3, 0.4) is 0 Å². The minimum absolute atomic E-state index is 0.0755. The van der Waals surface area contributed by atoms with Crippen LogP contribution in [0, 0.1) is 17.0 Å². The van der Waals surface area contributed by atoms with Gasteiger partial charge >= 0.3 is 5.97 Å². The topological polar surface area (TPSA) is 115 Å². The van der Waals surface area contributed by atoms with Crippen molar-refractivity contribution >= 4 is 17.3 Å². The molecule has 2 N–H and O–H groups in total. The SMILES string of the molecule is CNc1ccc(Oc2ccnc(C)c2C(=O)O)cc1[N+](=O)[O-]. The van der Waals surface area contributed by atoms with Crippen LogP contribution in [0.2, 0.25) is 0 Å². The lowest BCUT2D eigenvalue weighted by Crippen LogP contribution is -2.04. The Kier molecular flexibility index (Phi) is 4.21. The Bertz CT molecular complexity index is 745. The van der Waals surface area contributed by atoms with Crippen LogP contribution in [-0.2, 0) is 0 Å². The average Bonchev–Trinajstić information content (AvgIpc) is 2.46. The summed E-state index contributed by atoms with van der Waals surface area (Å²) in [7, 11) is 1.57. The Balaban J connectivity index is 2.44. The molecule has 0 saturated heterocycles. The largest absolute Gasteiger partial charge is 0.477 e. The lowest BCUT2D eigenvalue weighted by molar-refractivity contribution is -0.384. The number of aromatic carboxylic acids is 1. The molecule has 0 spiro atoms. The number of carboxylic acids is 1. The van der Waals surface area contributed by atoms with E-state index in [4.69, 9.17) is 4.74 Å². The number of carbonyl (C=O) groups is 1. The van der Waals surface area contributed by atoms with Crippen molar-refractivity contribution in [3.05, 3.63) is 51.8 Å². The molecule has 22 heavy (non-hydrogen) atoms. The summed E-state index contributed by atoms with van der Waals surface area (Å²) in [6.07, 6.45) is 1.41. The summed E-state index contributed by atoms with van der Waals surface area (Å²) >= 11 is 0. The average molecular weight is 303 g/mol. The number of anilines is 1. The fraction of sp³-hybridized carbons (Fsp3) is 0.143. The van der Waals surface area contributed by atoms with Crippen LogP contribution in [-0.4, -0.2) is 28.0 Å². The summed E-state index contributed by atoms with van der Waals surface area (Å²) in [5.41, 5.74) is 0.388. The van der Waals surface area contributed by atoms with Crippen LogP contribution >= 0.6 is 0 Å². The number of rotatable bonds is 5. The maximum absolute atomic E-state index is 11.3. The number of hydrogen-bond acceptors (Lipinski definition) is 6. The lowest BCUT2D eigenvalue weighted by Gasteiger charge is -2.11. The van der Waals surface area contributed by atoms with Gasteiger partial charge < -0.3 is 15.2 Å². The molecule has 0 saturated carbocycles. The number of benzene rings is 1. The highest BCUT2D eigenvalue weighted by Crippen LogP contribution is 2.32. The number of aromatic nitrogens is 1. The number of hydrogen-bond donors (Lipinski definition) is 2. The highest BCUT2D eigenvalue weighted by molar-refractivity contribution is 5.92. The zero-order valence-electron chi connectivity index (χ0n) is 11.9. The Morgan fingerprint density at radius 1 is 1.41 bits per heavy atom. The third-order valence-corrected chi connectivity index (χ3v) is 2.98. The van der Waals surface area contributed by atoms with E-state index in [0.29, 0.717) is 11.4 Å². The third-order valence-electron chi connectivity index (χ3n) is 2.98. The standard InChI is InChI=1S/C14H13N3O5/c1-8-13(14(18)19)12(5-6-16-8)22-9-3-4-10(15-2)11(7-9)17(20)21/h3-7,15H,1-2H3,(H,18,19). The van der Waals surface area contributed by atoms with E-state index in [1.54, 1.807) is 14.0 Å². The number of aryl methyl sites for hydroxylation is 1. The van der Waals surface area contributed by atoms with Gasteiger partial charge in [-0.2, -0.15) is 0 Å². The second-order valence-corrected chi connectivity index (χ2v) is 4.36. The van der Waals surface area contributed by atoms with Crippen molar-refractivity contribution in [3.63, 3.8) is 0 Å². The smallest absolute Gasteiger partial charge is 0.341 e. The second-order valence-electron chi connectivity index (χ2n) is 4.36. The van der Waals surface area contributed by atoms with Crippen molar-refractivity contribution in [2.45, 2.75) is 6.92 Å². The summed E-state index contributed by atoms with van der Waals surface area (Å²) in [5, 5.41) is 22.9. The van der Waals surface area contributed by atoms with E-state index in [0.717, 1.165) is 0 Å². The monoisotopic (exact) mass is 303 g/mol. The Labute approximate surface area is 125 Å². The van der Waals surface area contributed by atoms with Gasteiger partial charge in [0.1, 0.15) is 22.7 Å². The molecule has 8 heteroatoms. The van der Waals surface area contributed by atoms with Crippen molar-refractivity contribution in [1.82, 2.24) is 4.98 Å². The minimum Gasteiger partial charge on any atom is -0.477 e. The van der Waals surface area contributed by atoms with Crippen LogP contribution in [0.4, 0.5) is 11.4 Å². The molecule has 1 aromatic carbocycles. The van der Waals surface area contributed by atoms with Crippen LogP contribution in [0.5, 0.6) is 11.5 Å². The zero-order valence-corrected chi connectivity index (χ0v) is 11.9. The van der Waals surface area contributed by atoms with Gasteiger partial charge in [-0.15, -0.1) is 0 Å². The molecular weight excluding hydrogens is 290 g/mol. The first-order valence-corrected chi connectivity index (χ1v) is 6.27. The van der Waals surface area contributed by atoms with E-state index in [9.17, 15) is 20.0 Å². The maximum Gasteiger partial charge on any atom is 0.341 e. The van der Waals surface area contributed by atoms with Gasteiger partial charge in [0.05, 0.1) is 16.7 Å². The number of ether oxygens (including phenoxy) is 1. The molecule has 0 unspecified atom stereocenters. The highest BCUT2D eigenvalue weighted by Gasteiger charge is 2.18. The highest BCUT2D eigenvalue weighted by atomic mass is 16.6. The predicted molar refractivity (Wildman–Crippen MR) is 78.7 cm³/mol. The van der Waals surface area contributed by atoms with Gasteiger partial charge in [-0.3, -0.25) is 15.1 Å². The maximum atomic E-state index is 11.3. The molecule has 0 bridgehead atoms. The Morgan fingerprint density at radius 3 is 2.73 bits per heavy atom. The van der Waals surface area contributed by atoms with Crippen molar-refractivity contribution in [2.75, 3.05) is 12.4 Å². The second kappa shape index (κ2) is 6.08. The molecule has 0 radical (unpaired) electrons. The predicted octanol–water partition coefficient (Wildman–Crippen LogP) is 2.83. The number of nitrogens with one attached hydrogen (secondary N) is 1. The van der Waals surface area contributed by atoms with Gasteiger partial charge in [0.15, 0.2) is 0 Å². The Hall–Kier alpha value is -3.16. The summed E-state index contributed by atoms with van der Waals surface area (Å²) in [6, 6.07) is 5.63. The lowest BCUT2D eigenvalue weighted by atomic mass is 10.2. The summed E-state index contributed by atoms with van der Waals surface area (Å²) in [5.74, 6) is -0.938. The first-order chi connectivity index (χ1) is 10.4. The van der Waals surface area contributed by atoms with Gasteiger partial charge in [0, 0.05) is 19.3 Å². The summed E-state index contributed by atoms with van der Waals surface area (Å²) in [4.78, 5) is 25.6. The fourth-order valence-corrected chi connectivity index (χ4v) is 1.95. The number of pyridine rings is 1. The number of nitro benzene ring substituents is 1. The van der Waals surface area contributed by atoms with E-state index in [2.05, 4.69) is 10.3 Å². The number of nitrogens with zero attached hydrogens (tertiary/aromatic N) is 2. The van der Waals surface area contributed by atoms with Crippen molar-refractivity contribution in [3.8, 4) is 11.5 Å². The molecule has 0 atom stereocenters. The summed E-state index contributed by atoms with van der Waals surface area (Å²) in [6.45, 7) is 1.54. The Morgan fingerprint density at radius 2 is 2.14 bits per heavy atom. The molecule has 114 valence electrons. The quantitative estimate of drug-likeness (QED) is 0.644. The molecule has 0 fully saturated rings. The first kappa shape index (κ1) is 15.2. The zero-order chi connectivity index (χ0) is 16.3. The molecule has 2 aromatic rings. The van der Waals surface area contributed by atoms with Crippen LogP contribution in [0.25, 0.3) is 0 Å². The van der Waals surface area contributed by atoms with E-state index < -0.39 is 10.9 Å². The molecule has 8 nitrogen and oxygen atoms in total. The third kappa shape index (κ3) is 2.95. The van der Waals surface area contributed by atoms with E-state index in [1.165, 1.54) is 30.5 Å². The van der Waals surface area contributed by atoms with Gasteiger partial charge in [-0.1, -0.05) is 0 Å². The van der Waals surface area contributed by atoms with E-state index >= 15 is 0 Å². The van der Waals surface area contributed by atoms with E-state index in [-0.39, 0.29) is 22.7 Å². The first-order valence-electron chi connectivity index (χ1n) is 6.27. The summed E-state index contributed by atoms with van der Waals surface area (Å²) < 4.78 is 5.49. The van der Waals surface area contributed by atoms with Crippen LogP contribution in [0.1, 0.15) is 16.1 Å². The number of nitro groups is 1.